The molecule has 0 atom stereocenters. The quantitative estimate of drug-likeness (QED) is 0.670. The van der Waals surface area contributed by atoms with Crippen LogP contribution in [0.15, 0.2) is 18.2 Å². The Bertz CT molecular complexity index is 734. The summed E-state index contributed by atoms with van der Waals surface area (Å²) in [5.41, 5.74) is 0.293. The molecule has 1 aromatic carbocycles. The molecule has 2 heterocycles. The van der Waals surface area contributed by atoms with Crippen molar-refractivity contribution < 1.29 is 33.4 Å². The molecule has 0 aromatic heterocycles. The molecule has 0 aliphatic carbocycles. The Labute approximate surface area is 142 Å². The third-order valence-corrected chi connectivity index (χ3v) is 3.54. The Morgan fingerprint density at radius 3 is 2.80 bits per heavy atom. The maximum Gasteiger partial charge on any atom is 0.325 e. The van der Waals surface area contributed by atoms with Gasteiger partial charge in [0.15, 0.2) is 18.1 Å². The zero-order valence-corrected chi connectivity index (χ0v) is 13.1. The van der Waals surface area contributed by atoms with Crippen molar-refractivity contribution in [3.05, 3.63) is 23.8 Å². The predicted octanol–water partition coefficient (Wildman–Crippen LogP) is -0.760. The molecule has 10 nitrogen and oxygen atoms in total. The van der Waals surface area contributed by atoms with Crippen LogP contribution >= 0.6 is 0 Å². The third kappa shape index (κ3) is 3.79. The molecule has 1 fully saturated rings. The number of urea groups is 1. The molecular weight excluding hydrogens is 334 g/mol. The van der Waals surface area contributed by atoms with Crippen molar-refractivity contribution in [2.45, 2.75) is 0 Å². The number of esters is 1. The van der Waals surface area contributed by atoms with Crippen LogP contribution in [0.25, 0.3) is 0 Å². The van der Waals surface area contributed by atoms with Crippen LogP contribution in [-0.2, 0) is 14.3 Å². The zero-order valence-electron chi connectivity index (χ0n) is 13.1. The molecule has 0 bridgehead atoms. The number of carbonyl (C=O) groups is 4. The van der Waals surface area contributed by atoms with E-state index in [2.05, 4.69) is 10.6 Å². The number of amides is 4. The molecule has 10 heteroatoms. The van der Waals surface area contributed by atoms with Gasteiger partial charge in [-0.15, -0.1) is 0 Å². The van der Waals surface area contributed by atoms with Crippen LogP contribution in [0.4, 0.5) is 4.79 Å². The summed E-state index contributed by atoms with van der Waals surface area (Å²) in [5.74, 6) is -0.918. The average molecular weight is 349 g/mol. The molecular formula is C15H15N3O7. The number of ether oxygens (including phenoxy) is 3. The highest BCUT2D eigenvalue weighted by molar-refractivity contribution is 5.98. The number of carbonyl (C=O) groups excluding carboxylic acids is 4. The van der Waals surface area contributed by atoms with E-state index >= 15 is 0 Å². The second-order valence-corrected chi connectivity index (χ2v) is 5.19. The van der Waals surface area contributed by atoms with Gasteiger partial charge in [0, 0.05) is 18.7 Å². The second-order valence-electron chi connectivity index (χ2n) is 5.19. The molecule has 2 aliphatic heterocycles. The highest BCUT2D eigenvalue weighted by atomic mass is 16.7. The number of fused-ring (bicyclic) bond motifs is 1. The molecule has 0 saturated carbocycles. The first kappa shape index (κ1) is 16.6. The highest BCUT2D eigenvalue weighted by Gasteiger charge is 2.26. The summed E-state index contributed by atoms with van der Waals surface area (Å²) in [5, 5.41) is 4.84. The number of rotatable bonds is 5. The predicted molar refractivity (Wildman–Crippen MR) is 81.0 cm³/mol. The van der Waals surface area contributed by atoms with Gasteiger partial charge in [-0.2, -0.15) is 0 Å². The van der Waals surface area contributed by atoms with Gasteiger partial charge in [0.2, 0.25) is 6.79 Å². The Hall–Kier alpha value is -3.30. The topological polar surface area (TPSA) is 123 Å². The van der Waals surface area contributed by atoms with E-state index in [1.165, 1.54) is 12.1 Å². The number of hydrogen-bond donors (Lipinski definition) is 2. The number of benzene rings is 1. The van der Waals surface area contributed by atoms with Gasteiger partial charge in [-0.25, -0.2) is 4.79 Å². The van der Waals surface area contributed by atoms with Crippen molar-refractivity contribution >= 4 is 23.8 Å². The number of nitrogens with zero attached hydrogens (tertiary/aromatic N) is 1. The first-order chi connectivity index (χ1) is 12.0. The van der Waals surface area contributed by atoms with Crippen molar-refractivity contribution in [3.63, 3.8) is 0 Å². The molecule has 25 heavy (non-hydrogen) atoms. The lowest BCUT2D eigenvalue weighted by Gasteiger charge is -2.12. The minimum absolute atomic E-state index is 0.0931. The Kier molecular flexibility index (Phi) is 4.68. The van der Waals surface area contributed by atoms with Gasteiger partial charge in [-0.1, -0.05) is 0 Å². The molecule has 2 N–H and O–H groups in total. The Morgan fingerprint density at radius 1 is 1.24 bits per heavy atom. The summed E-state index contributed by atoms with van der Waals surface area (Å²) >= 11 is 0. The lowest BCUT2D eigenvalue weighted by atomic mass is 10.2. The fourth-order valence-electron chi connectivity index (χ4n) is 2.27. The van der Waals surface area contributed by atoms with Gasteiger partial charge in [0.25, 0.3) is 11.8 Å². The standard InChI is InChI=1S/C15H15N3O7/c19-12(18-4-3-16-15(18)22)7-23-13(20)6-17-14(21)9-1-2-10-11(5-9)25-8-24-10/h1-2,5H,3-4,6-8H2,(H,16,22)(H,17,21). The van der Waals surface area contributed by atoms with Crippen LogP contribution < -0.4 is 20.1 Å². The van der Waals surface area contributed by atoms with Crippen molar-refractivity contribution in [1.82, 2.24) is 15.5 Å². The average Bonchev–Trinajstić information content (AvgIpc) is 3.25. The molecule has 3 rings (SSSR count). The van der Waals surface area contributed by atoms with Gasteiger partial charge < -0.3 is 24.8 Å². The Balaban J connectivity index is 1.43. The van der Waals surface area contributed by atoms with Crippen LogP contribution in [-0.4, -0.2) is 61.7 Å². The monoisotopic (exact) mass is 349 g/mol. The fourth-order valence-corrected chi connectivity index (χ4v) is 2.27. The highest BCUT2D eigenvalue weighted by Crippen LogP contribution is 2.32. The van der Waals surface area contributed by atoms with E-state index in [0.29, 0.717) is 23.6 Å². The van der Waals surface area contributed by atoms with E-state index in [1.807, 2.05) is 0 Å². The largest absolute Gasteiger partial charge is 0.454 e. The van der Waals surface area contributed by atoms with Crippen LogP contribution in [0, 0.1) is 0 Å². The van der Waals surface area contributed by atoms with Gasteiger partial charge in [-0.3, -0.25) is 19.3 Å². The second kappa shape index (κ2) is 7.07. The van der Waals surface area contributed by atoms with Gasteiger partial charge in [0.05, 0.1) is 0 Å². The van der Waals surface area contributed by atoms with Crippen molar-refractivity contribution in [3.8, 4) is 11.5 Å². The molecule has 1 aromatic rings. The minimum atomic E-state index is -0.790. The first-order valence-electron chi connectivity index (χ1n) is 7.46. The van der Waals surface area contributed by atoms with Crippen molar-refractivity contribution in [2.24, 2.45) is 0 Å². The lowest BCUT2D eigenvalue weighted by Crippen LogP contribution is -2.38. The third-order valence-electron chi connectivity index (χ3n) is 3.54. The summed E-state index contributed by atoms with van der Waals surface area (Å²) in [4.78, 5) is 47.6. The van der Waals surface area contributed by atoms with Gasteiger partial charge >= 0.3 is 12.0 Å². The fraction of sp³-hybridized carbons (Fsp3) is 0.333. The number of nitrogens with one attached hydrogen (secondary N) is 2. The van der Waals surface area contributed by atoms with E-state index < -0.39 is 37.0 Å². The van der Waals surface area contributed by atoms with Crippen LogP contribution in [0.1, 0.15) is 10.4 Å². The number of imide groups is 1. The van der Waals surface area contributed by atoms with Crippen molar-refractivity contribution in [2.75, 3.05) is 33.0 Å². The number of hydrogen-bond acceptors (Lipinski definition) is 7. The molecule has 0 spiro atoms. The maximum atomic E-state index is 12.0. The maximum absolute atomic E-state index is 12.0. The Morgan fingerprint density at radius 2 is 2.04 bits per heavy atom. The summed E-state index contributed by atoms with van der Waals surface area (Å²) in [7, 11) is 0. The van der Waals surface area contributed by atoms with E-state index in [9.17, 15) is 19.2 Å². The molecule has 0 unspecified atom stereocenters. The van der Waals surface area contributed by atoms with E-state index in [-0.39, 0.29) is 13.3 Å². The first-order valence-corrected chi connectivity index (χ1v) is 7.46. The molecule has 132 valence electrons. The van der Waals surface area contributed by atoms with Gasteiger partial charge in [-0.05, 0) is 18.2 Å². The molecule has 2 aliphatic rings. The van der Waals surface area contributed by atoms with E-state index in [0.717, 1.165) is 4.90 Å². The van der Waals surface area contributed by atoms with Crippen LogP contribution in [0.2, 0.25) is 0 Å². The normalized spacial score (nSPS) is 14.9. The van der Waals surface area contributed by atoms with E-state index in [1.54, 1.807) is 6.07 Å². The summed E-state index contributed by atoms with van der Waals surface area (Å²) in [6.45, 7) is -0.283. The SMILES string of the molecule is O=C(CNC(=O)c1ccc2c(c1)OCO2)OCC(=O)N1CCNC1=O. The lowest BCUT2D eigenvalue weighted by molar-refractivity contribution is -0.149. The summed E-state index contributed by atoms with van der Waals surface area (Å²) in [6.07, 6.45) is 0. The van der Waals surface area contributed by atoms with Crippen LogP contribution in [0.3, 0.4) is 0 Å². The zero-order chi connectivity index (χ0) is 17.8. The molecule has 4 amide bonds. The smallest absolute Gasteiger partial charge is 0.325 e. The van der Waals surface area contributed by atoms with Gasteiger partial charge in [0.1, 0.15) is 6.54 Å². The summed E-state index contributed by atoms with van der Waals surface area (Å²) < 4.78 is 15.1. The molecule has 0 radical (unpaired) electrons. The summed E-state index contributed by atoms with van der Waals surface area (Å²) in [6, 6.07) is 4.11. The van der Waals surface area contributed by atoms with Crippen molar-refractivity contribution in [1.29, 1.82) is 0 Å². The molecule has 1 saturated heterocycles. The van der Waals surface area contributed by atoms with Crippen LogP contribution in [0.5, 0.6) is 11.5 Å². The minimum Gasteiger partial charge on any atom is -0.454 e. The van der Waals surface area contributed by atoms with E-state index in [4.69, 9.17) is 14.2 Å².